The molecule has 0 spiro atoms. The number of anilines is 2. The number of nitrogens with one attached hydrogen (secondary N) is 1. The number of nitrogens with zero attached hydrogens (tertiary/aromatic N) is 3. The SMILES string of the molecule is CC(=O)Nc1cccc(-c2ccc3c(N4CCCC4CO)nc(Cl)nc3c2)c1. The van der Waals surface area contributed by atoms with Gasteiger partial charge >= 0.3 is 0 Å². The number of rotatable bonds is 4. The van der Waals surface area contributed by atoms with Crippen LogP contribution in [0.1, 0.15) is 19.8 Å². The predicted octanol–water partition coefficient (Wildman–Crippen LogP) is 3.87. The zero-order valence-corrected chi connectivity index (χ0v) is 16.3. The third kappa shape index (κ3) is 3.66. The fourth-order valence-corrected chi connectivity index (χ4v) is 3.94. The van der Waals surface area contributed by atoms with Crippen LogP contribution in [0.3, 0.4) is 0 Å². The van der Waals surface area contributed by atoms with E-state index in [1.54, 1.807) is 0 Å². The summed E-state index contributed by atoms with van der Waals surface area (Å²) >= 11 is 6.22. The molecule has 1 atom stereocenters. The molecule has 4 rings (SSSR count). The smallest absolute Gasteiger partial charge is 0.224 e. The number of amides is 1. The van der Waals surface area contributed by atoms with Gasteiger partial charge in [-0.3, -0.25) is 4.79 Å². The summed E-state index contributed by atoms with van der Waals surface area (Å²) in [4.78, 5) is 22.3. The van der Waals surface area contributed by atoms with Crippen molar-refractivity contribution in [1.82, 2.24) is 9.97 Å². The van der Waals surface area contributed by atoms with Crippen molar-refractivity contribution in [3.05, 3.63) is 47.7 Å². The van der Waals surface area contributed by atoms with Gasteiger partial charge in [-0.05, 0) is 59.8 Å². The number of carbonyl (C=O) groups is 1. The zero-order valence-electron chi connectivity index (χ0n) is 15.5. The Balaban J connectivity index is 1.77. The van der Waals surface area contributed by atoms with Gasteiger partial charge in [0.2, 0.25) is 11.2 Å². The highest BCUT2D eigenvalue weighted by Crippen LogP contribution is 2.33. The van der Waals surface area contributed by atoms with Crippen LogP contribution in [0.25, 0.3) is 22.0 Å². The molecule has 2 aromatic carbocycles. The molecule has 0 bridgehead atoms. The highest BCUT2D eigenvalue weighted by Gasteiger charge is 2.27. The summed E-state index contributed by atoms with van der Waals surface area (Å²) in [6.45, 7) is 2.42. The summed E-state index contributed by atoms with van der Waals surface area (Å²) in [6, 6.07) is 13.7. The monoisotopic (exact) mass is 396 g/mol. The summed E-state index contributed by atoms with van der Waals surface area (Å²) in [5.74, 6) is 0.661. The van der Waals surface area contributed by atoms with Gasteiger partial charge in [0, 0.05) is 24.5 Å². The summed E-state index contributed by atoms with van der Waals surface area (Å²) in [6.07, 6.45) is 1.95. The molecule has 0 aliphatic carbocycles. The number of aromatic nitrogens is 2. The van der Waals surface area contributed by atoms with E-state index in [-0.39, 0.29) is 23.8 Å². The average Bonchev–Trinajstić information content (AvgIpc) is 3.15. The Morgan fingerprint density at radius 1 is 1.25 bits per heavy atom. The lowest BCUT2D eigenvalue weighted by Crippen LogP contribution is -2.33. The van der Waals surface area contributed by atoms with Gasteiger partial charge in [-0.1, -0.05) is 18.2 Å². The molecule has 28 heavy (non-hydrogen) atoms. The molecule has 7 heteroatoms. The Bertz CT molecular complexity index is 1040. The first-order chi connectivity index (χ1) is 13.5. The third-order valence-corrected chi connectivity index (χ3v) is 5.19. The Morgan fingerprint density at radius 3 is 2.86 bits per heavy atom. The average molecular weight is 397 g/mol. The Morgan fingerprint density at radius 2 is 2.07 bits per heavy atom. The van der Waals surface area contributed by atoms with Gasteiger partial charge in [-0.2, -0.15) is 4.98 Å². The molecule has 1 fully saturated rings. The minimum absolute atomic E-state index is 0.0585. The molecule has 1 aliphatic rings. The number of fused-ring (bicyclic) bond motifs is 1. The molecule has 1 aliphatic heterocycles. The lowest BCUT2D eigenvalue weighted by molar-refractivity contribution is -0.114. The van der Waals surface area contributed by atoms with Gasteiger partial charge in [0.15, 0.2) is 0 Å². The second kappa shape index (κ2) is 7.73. The number of hydrogen-bond acceptors (Lipinski definition) is 5. The normalized spacial score (nSPS) is 16.5. The van der Waals surface area contributed by atoms with Gasteiger partial charge in [-0.25, -0.2) is 4.98 Å². The van der Waals surface area contributed by atoms with E-state index in [0.717, 1.165) is 52.9 Å². The molecule has 1 amide bonds. The highest BCUT2D eigenvalue weighted by molar-refractivity contribution is 6.28. The van der Waals surface area contributed by atoms with Crippen molar-refractivity contribution in [2.24, 2.45) is 0 Å². The molecule has 2 heterocycles. The Labute approximate surface area is 168 Å². The van der Waals surface area contributed by atoms with Crippen LogP contribution in [0.2, 0.25) is 5.28 Å². The van der Waals surface area contributed by atoms with Crippen LogP contribution in [0, 0.1) is 0 Å². The van der Waals surface area contributed by atoms with Crippen LogP contribution in [-0.2, 0) is 4.79 Å². The largest absolute Gasteiger partial charge is 0.394 e. The Kier molecular flexibility index (Phi) is 5.15. The molecule has 2 N–H and O–H groups in total. The molecule has 0 saturated carbocycles. The van der Waals surface area contributed by atoms with Crippen molar-refractivity contribution in [3.63, 3.8) is 0 Å². The number of carbonyl (C=O) groups excluding carboxylic acids is 1. The summed E-state index contributed by atoms with van der Waals surface area (Å²) in [5.41, 5.74) is 3.44. The van der Waals surface area contributed by atoms with Crippen molar-refractivity contribution in [2.75, 3.05) is 23.4 Å². The molecule has 0 radical (unpaired) electrons. The maximum Gasteiger partial charge on any atom is 0.224 e. The van der Waals surface area contributed by atoms with Gasteiger partial charge in [0.25, 0.3) is 0 Å². The molecule has 6 nitrogen and oxygen atoms in total. The first-order valence-electron chi connectivity index (χ1n) is 9.28. The first kappa shape index (κ1) is 18.7. The quantitative estimate of drug-likeness (QED) is 0.654. The van der Waals surface area contributed by atoms with Crippen LogP contribution in [0.4, 0.5) is 11.5 Å². The third-order valence-electron chi connectivity index (χ3n) is 5.03. The van der Waals surface area contributed by atoms with E-state index in [0.29, 0.717) is 0 Å². The van der Waals surface area contributed by atoms with Gasteiger partial charge in [-0.15, -0.1) is 0 Å². The highest BCUT2D eigenvalue weighted by atomic mass is 35.5. The van der Waals surface area contributed by atoms with E-state index in [4.69, 9.17) is 11.6 Å². The second-order valence-electron chi connectivity index (χ2n) is 6.98. The molecule has 1 unspecified atom stereocenters. The van der Waals surface area contributed by atoms with Crippen molar-refractivity contribution in [1.29, 1.82) is 0 Å². The lowest BCUT2D eigenvalue weighted by atomic mass is 10.0. The lowest BCUT2D eigenvalue weighted by Gasteiger charge is -2.25. The number of aliphatic hydroxyl groups excluding tert-OH is 1. The minimum Gasteiger partial charge on any atom is -0.394 e. The van der Waals surface area contributed by atoms with Crippen molar-refractivity contribution in [3.8, 4) is 11.1 Å². The molecular weight excluding hydrogens is 376 g/mol. The van der Waals surface area contributed by atoms with E-state index in [2.05, 4.69) is 20.2 Å². The van der Waals surface area contributed by atoms with Gasteiger partial charge < -0.3 is 15.3 Å². The standard InChI is InChI=1S/C21H21ClN4O2/c1-13(28)23-16-5-2-4-14(10-16)15-7-8-18-19(11-15)24-21(22)25-20(18)26-9-3-6-17(26)12-27/h2,4-5,7-8,10-11,17,27H,3,6,9,12H2,1H3,(H,23,28). The van der Waals surface area contributed by atoms with E-state index < -0.39 is 0 Å². The molecule has 144 valence electrons. The number of hydrogen-bond donors (Lipinski definition) is 2. The molecular formula is C21H21ClN4O2. The Hall–Kier alpha value is -2.70. The van der Waals surface area contributed by atoms with E-state index >= 15 is 0 Å². The first-order valence-corrected chi connectivity index (χ1v) is 9.66. The fourth-order valence-electron chi connectivity index (χ4n) is 3.77. The van der Waals surface area contributed by atoms with Crippen LogP contribution in [0.5, 0.6) is 0 Å². The van der Waals surface area contributed by atoms with Gasteiger partial charge in [0.05, 0.1) is 18.2 Å². The summed E-state index contributed by atoms with van der Waals surface area (Å²) in [7, 11) is 0. The van der Waals surface area contributed by atoms with Crippen molar-refractivity contribution in [2.45, 2.75) is 25.8 Å². The van der Waals surface area contributed by atoms with Crippen LogP contribution in [0.15, 0.2) is 42.5 Å². The van der Waals surface area contributed by atoms with E-state index in [9.17, 15) is 9.90 Å². The predicted molar refractivity (Wildman–Crippen MR) is 112 cm³/mol. The van der Waals surface area contributed by atoms with Crippen LogP contribution >= 0.6 is 11.6 Å². The number of aliphatic hydroxyl groups is 1. The van der Waals surface area contributed by atoms with E-state index in [1.165, 1.54) is 6.92 Å². The second-order valence-corrected chi connectivity index (χ2v) is 7.32. The molecule has 1 aromatic heterocycles. The van der Waals surface area contributed by atoms with Crippen molar-refractivity contribution < 1.29 is 9.90 Å². The summed E-state index contributed by atoms with van der Waals surface area (Å²) in [5, 5.41) is 13.6. The number of benzene rings is 2. The molecule has 3 aromatic rings. The molecule has 1 saturated heterocycles. The summed E-state index contributed by atoms with van der Waals surface area (Å²) < 4.78 is 0. The fraction of sp³-hybridized carbons (Fsp3) is 0.286. The maximum absolute atomic E-state index is 11.3. The van der Waals surface area contributed by atoms with Crippen LogP contribution < -0.4 is 10.2 Å². The van der Waals surface area contributed by atoms with Crippen molar-refractivity contribution >= 4 is 39.9 Å². The van der Waals surface area contributed by atoms with Crippen LogP contribution in [-0.4, -0.2) is 40.2 Å². The maximum atomic E-state index is 11.3. The van der Waals surface area contributed by atoms with Gasteiger partial charge in [0.1, 0.15) is 5.82 Å². The zero-order chi connectivity index (χ0) is 19.7. The number of halogens is 1. The minimum atomic E-state index is -0.108. The van der Waals surface area contributed by atoms with E-state index in [1.807, 2.05) is 42.5 Å². The topological polar surface area (TPSA) is 78.4 Å².